The van der Waals surface area contributed by atoms with Gasteiger partial charge in [0.05, 0.1) is 0 Å². The molecule has 0 saturated heterocycles. The number of H-pyrrole nitrogens is 1. The molecule has 0 bridgehead atoms. The van der Waals surface area contributed by atoms with Gasteiger partial charge >= 0.3 is 0 Å². The van der Waals surface area contributed by atoms with E-state index in [0.717, 1.165) is 4.70 Å². The Balaban J connectivity index is 2.70. The first-order valence-corrected chi connectivity index (χ1v) is 4.90. The minimum atomic E-state index is -0.0527. The average Bonchev–Trinajstić information content (AvgIpc) is 2.66. The quantitative estimate of drug-likeness (QED) is 0.602. The molecule has 2 aromatic heterocycles. The van der Waals surface area contributed by atoms with Crippen LogP contribution in [0.15, 0.2) is 29.1 Å². The van der Waals surface area contributed by atoms with E-state index in [2.05, 4.69) is 15.4 Å². The standard InChI is InChI=1S/C9H5N3OS/c13-8-5-3-1-2-4-6(5)14-9-7(8)10-12-11-9/h1-4H,(H,10,11,12). The van der Waals surface area contributed by atoms with Gasteiger partial charge in [-0.1, -0.05) is 12.1 Å². The van der Waals surface area contributed by atoms with E-state index in [0.29, 0.717) is 15.7 Å². The normalized spacial score (nSPS) is 11.1. The second-order valence-electron chi connectivity index (χ2n) is 2.90. The molecule has 14 heavy (non-hydrogen) atoms. The molecule has 68 valence electrons. The van der Waals surface area contributed by atoms with Crippen molar-refractivity contribution in [2.45, 2.75) is 0 Å². The highest BCUT2D eigenvalue weighted by Crippen LogP contribution is 2.20. The summed E-state index contributed by atoms with van der Waals surface area (Å²) in [6.45, 7) is 0. The second kappa shape index (κ2) is 2.62. The van der Waals surface area contributed by atoms with E-state index < -0.39 is 0 Å². The lowest BCUT2D eigenvalue weighted by Gasteiger charge is -1.92. The van der Waals surface area contributed by atoms with Crippen LogP contribution < -0.4 is 5.43 Å². The number of hydrogen-bond acceptors (Lipinski definition) is 4. The number of nitrogens with zero attached hydrogens (tertiary/aromatic N) is 2. The van der Waals surface area contributed by atoms with Crippen LogP contribution in [0.5, 0.6) is 0 Å². The smallest absolute Gasteiger partial charge is 0.217 e. The van der Waals surface area contributed by atoms with Gasteiger partial charge in [-0.25, -0.2) is 0 Å². The highest BCUT2D eigenvalue weighted by atomic mass is 32.1. The Kier molecular flexibility index (Phi) is 1.43. The number of benzene rings is 1. The highest BCUT2D eigenvalue weighted by Gasteiger charge is 2.07. The molecule has 0 saturated carbocycles. The Bertz CT molecular complexity index is 670. The van der Waals surface area contributed by atoms with Crippen LogP contribution >= 0.6 is 11.3 Å². The van der Waals surface area contributed by atoms with Crippen LogP contribution in [0.2, 0.25) is 0 Å². The summed E-state index contributed by atoms with van der Waals surface area (Å²) in [5.74, 6) is 0. The van der Waals surface area contributed by atoms with Crippen LogP contribution in [0.3, 0.4) is 0 Å². The third-order valence-electron chi connectivity index (χ3n) is 2.07. The van der Waals surface area contributed by atoms with Crippen molar-refractivity contribution in [3.63, 3.8) is 0 Å². The van der Waals surface area contributed by atoms with Gasteiger partial charge in [0, 0.05) is 10.1 Å². The van der Waals surface area contributed by atoms with E-state index in [1.807, 2.05) is 24.3 Å². The molecule has 0 unspecified atom stereocenters. The molecule has 2 heterocycles. The summed E-state index contributed by atoms with van der Waals surface area (Å²) in [5, 5.41) is 10.9. The van der Waals surface area contributed by atoms with Crippen molar-refractivity contribution in [3.05, 3.63) is 34.5 Å². The first-order chi connectivity index (χ1) is 6.86. The van der Waals surface area contributed by atoms with Crippen LogP contribution in [-0.2, 0) is 0 Å². The number of aromatic nitrogens is 3. The number of fused-ring (bicyclic) bond motifs is 2. The average molecular weight is 203 g/mol. The molecule has 0 amide bonds. The van der Waals surface area contributed by atoms with Gasteiger partial charge in [0.25, 0.3) is 0 Å². The molecule has 0 atom stereocenters. The molecule has 4 nitrogen and oxygen atoms in total. The van der Waals surface area contributed by atoms with Crippen molar-refractivity contribution in [2.75, 3.05) is 0 Å². The van der Waals surface area contributed by atoms with E-state index in [4.69, 9.17) is 0 Å². The van der Waals surface area contributed by atoms with Gasteiger partial charge in [-0.2, -0.15) is 10.3 Å². The van der Waals surface area contributed by atoms with Crippen molar-refractivity contribution in [2.24, 2.45) is 0 Å². The maximum Gasteiger partial charge on any atom is 0.217 e. The minimum absolute atomic E-state index is 0.0527. The summed E-state index contributed by atoms with van der Waals surface area (Å²) in [6.07, 6.45) is 0. The van der Waals surface area contributed by atoms with Gasteiger partial charge in [-0.05, 0) is 12.1 Å². The Labute approximate surface area is 82.2 Å². The lowest BCUT2D eigenvalue weighted by atomic mass is 10.2. The molecular weight excluding hydrogens is 198 g/mol. The van der Waals surface area contributed by atoms with Crippen molar-refractivity contribution in [3.8, 4) is 0 Å². The summed E-state index contributed by atoms with van der Waals surface area (Å²) >= 11 is 1.47. The van der Waals surface area contributed by atoms with Gasteiger partial charge in [0.2, 0.25) is 5.43 Å². The Morgan fingerprint density at radius 3 is 3.00 bits per heavy atom. The zero-order chi connectivity index (χ0) is 9.54. The van der Waals surface area contributed by atoms with Crippen LogP contribution in [0.1, 0.15) is 0 Å². The third-order valence-corrected chi connectivity index (χ3v) is 3.12. The molecule has 5 heteroatoms. The molecule has 0 aliphatic carbocycles. The molecule has 0 aliphatic rings. The fraction of sp³-hybridized carbons (Fsp3) is 0. The first-order valence-electron chi connectivity index (χ1n) is 4.08. The largest absolute Gasteiger partial charge is 0.287 e. The number of aromatic amines is 1. The minimum Gasteiger partial charge on any atom is -0.287 e. The molecule has 0 fully saturated rings. The van der Waals surface area contributed by atoms with Crippen LogP contribution in [0.4, 0.5) is 0 Å². The summed E-state index contributed by atoms with van der Waals surface area (Å²) in [5.41, 5.74) is 0.372. The maximum absolute atomic E-state index is 11.8. The first kappa shape index (κ1) is 7.64. The van der Waals surface area contributed by atoms with Gasteiger partial charge in [-0.3, -0.25) is 4.79 Å². The van der Waals surface area contributed by atoms with E-state index in [-0.39, 0.29) is 5.43 Å². The van der Waals surface area contributed by atoms with Crippen LogP contribution in [-0.4, -0.2) is 15.4 Å². The molecule has 0 spiro atoms. The van der Waals surface area contributed by atoms with Crippen molar-refractivity contribution >= 4 is 31.8 Å². The predicted molar refractivity (Wildman–Crippen MR) is 55.5 cm³/mol. The molecular formula is C9H5N3OS. The van der Waals surface area contributed by atoms with Gasteiger partial charge in [0.1, 0.15) is 0 Å². The molecule has 3 rings (SSSR count). The lowest BCUT2D eigenvalue weighted by molar-refractivity contribution is 0.960. The number of nitrogens with one attached hydrogen (secondary N) is 1. The number of hydrogen-bond donors (Lipinski definition) is 1. The Morgan fingerprint density at radius 2 is 2.07 bits per heavy atom. The zero-order valence-electron chi connectivity index (χ0n) is 7.02. The van der Waals surface area contributed by atoms with E-state index in [1.54, 1.807) is 0 Å². The fourth-order valence-corrected chi connectivity index (χ4v) is 2.36. The molecule has 0 radical (unpaired) electrons. The number of rotatable bonds is 0. The summed E-state index contributed by atoms with van der Waals surface area (Å²) < 4.78 is 0.943. The van der Waals surface area contributed by atoms with E-state index in [9.17, 15) is 4.79 Å². The highest BCUT2D eigenvalue weighted by molar-refractivity contribution is 7.24. The Morgan fingerprint density at radius 1 is 1.21 bits per heavy atom. The molecule has 0 aliphatic heterocycles. The summed E-state index contributed by atoms with van der Waals surface area (Å²) in [7, 11) is 0. The van der Waals surface area contributed by atoms with Crippen LogP contribution in [0, 0.1) is 0 Å². The molecule has 1 aromatic carbocycles. The topological polar surface area (TPSA) is 58.6 Å². The van der Waals surface area contributed by atoms with Crippen LogP contribution in [0.25, 0.3) is 20.4 Å². The van der Waals surface area contributed by atoms with E-state index >= 15 is 0 Å². The van der Waals surface area contributed by atoms with E-state index in [1.165, 1.54) is 11.3 Å². The van der Waals surface area contributed by atoms with Crippen molar-refractivity contribution in [1.29, 1.82) is 0 Å². The SMILES string of the molecule is O=c1c2ccccc2sc2n[nH]nc12. The molecule has 1 N–H and O–H groups in total. The summed E-state index contributed by atoms with van der Waals surface area (Å²) in [6, 6.07) is 7.48. The second-order valence-corrected chi connectivity index (χ2v) is 3.94. The van der Waals surface area contributed by atoms with Gasteiger partial charge in [-0.15, -0.1) is 16.4 Å². The third kappa shape index (κ3) is 0.898. The fourth-order valence-electron chi connectivity index (χ4n) is 1.42. The summed E-state index contributed by atoms with van der Waals surface area (Å²) in [4.78, 5) is 12.5. The predicted octanol–water partition coefficient (Wildman–Crippen LogP) is 1.53. The van der Waals surface area contributed by atoms with Crippen molar-refractivity contribution < 1.29 is 0 Å². The molecule has 3 aromatic rings. The lowest BCUT2D eigenvalue weighted by Crippen LogP contribution is -2.00. The Hall–Kier alpha value is -1.75. The monoisotopic (exact) mass is 203 g/mol. The van der Waals surface area contributed by atoms with Crippen molar-refractivity contribution in [1.82, 2.24) is 15.4 Å². The van der Waals surface area contributed by atoms with Gasteiger partial charge in [0.15, 0.2) is 10.3 Å². The maximum atomic E-state index is 11.8. The van der Waals surface area contributed by atoms with Gasteiger partial charge < -0.3 is 0 Å². The zero-order valence-corrected chi connectivity index (χ0v) is 7.84.